The molecule has 1 aliphatic rings. The van der Waals surface area contributed by atoms with Gasteiger partial charge in [-0.3, -0.25) is 14.5 Å². The van der Waals surface area contributed by atoms with Crippen LogP contribution in [0.4, 0.5) is 10.5 Å². The van der Waals surface area contributed by atoms with Gasteiger partial charge >= 0.3 is 6.09 Å². The summed E-state index contributed by atoms with van der Waals surface area (Å²) in [6.07, 6.45) is -0.119. The van der Waals surface area contributed by atoms with Gasteiger partial charge in [-0.05, 0) is 18.2 Å². The predicted octanol–water partition coefficient (Wildman–Crippen LogP) is 1.57. The Bertz CT molecular complexity index is 758. The molecule has 1 saturated heterocycles. The maximum atomic E-state index is 11.9. The zero-order chi connectivity index (χ0) is 15.7. The predicted molar refractivity (Wildman–Crippen MR) is 81.3 cm³/mol. The summed E-state index contributed by atoms with van der Waals surface area (Å²) in [5.41, 5.74) is 1.40. The number of aromatic nitrogens is 1. The molecule has 0 unspecified atom stereocenters. The average Bonchev–Trinajstić information content (AvgIpc) is 3.07. The van der Waals surface area contributed by atoms with Gasteiger partial charge in [-0.2, -0.15) is 0 Å². The Labute approximate surface area is 129 Å². The highest BCUT2D eigenvalue weighted by atomic mass is 32.1. The van der Waals surface area contributed by atoms with E-state index in [1.54, 1.807) is 12.1 Å². The number of rotatable bonds is 4. The summed E-state index contributed by atoms with van der Waals surface area (Å²) in [4.78, 5) is 39.3. The summed E-state index contributed by atoms with van der Waals surface area (Å²) in [7, 11) is 0. The number of benzene rings is 1. The molecule has 0 saturated carbocycles. The molecule has 22 heavy (non-hydrogen) atoms. The van der Waals surface area contributed by atoms with Crippen LogP contribution in [0.25, 0.3) is 10.2 Å². The van der Waals surface area contributed by atoms with Crippen molar-refractivity contribution < 1.29 is 19.1 Å². The SMILES string of the molecule is CC(=O)NC[C@H]1CN(c2ccc3nc(C=O)sc3c2)C(=O)O1. The smallest absolute Gasteiger partial charge is 0.414 e. The Morgan fingerprint density at radius 1 is 1.59 bits per heavy atom. The topological polar surface area (TPSA) is 88.6 Å². The minimum absolute atomic E-state index is 0.165. The van der Waals surface area contributed by atoms with Crippen molar-refractivity contribution in [3.05, 3.63) is 23.2 Å². The van der Waals surface area contributed by atoms with E-state index in [2.05, 4.69) is 10.3 Å². The molecule has 0 spiro atoms. The molecular weight excluding hydrogens is 306 g/mol. The van der Waals surface area contributed by atoms with Crippen molar-refractivity contribution in [2.45, 2.75) is 13.0 Å². The van der Waals surface area contributed by atoms with E-state index in [1.165, 1.54) is 23.2 Å². The molecule has 0 aliphatic carbocycles. The molecule has 2 amide bonds. The van der Waals surface area contributed by atoms with Gasteiger partial charge in [0, 0.05) is 12.6 Å². The Morgan fingerprint density at radius 3 is 3.14 bits per heavy atom. The van der Waals surface area contributed by atoms with E-state index in [1.807, 2.05) is 6.07 Å². The fraction of sp³-hybridized carbons (Fsp3) is 0.286. The molecule has 0 bridgehead atoms. The fourth-order valence-electron chi connectivity index (χ4n) is 2.25. The molecule has 1 aromatic carbocycles. The van der Waals surface area contributed by atoms with Crippen molar-refractivity contribution in [1.82, 2.24) is 10.3 Å². The quantitative estimate of drug-likeness (QED) is 0.864. The van der Waals surface area contributed by atoms with Gasteiger partial charge in [0.25, 0.3) is 0 Å². The first-order valence-corrected chi connectivity index (χ1v) is 7.47. The lowest BCUT2D eigenvalue weighted by Crippen LogP contribution is -2.33. The molecule has 7 nitrogen and oxygen atoms in total. The third-order valence-electron chi connectivity index (χ3n) is 3.25. The summed E-state index contributed by atoms with van der Waals surface area (Å²) in [6, 6.07) is 5.34. The Morgan fingerprint density at radius 2 is 2.41 bits per heavy atom. The van der Waals surface area contributed by atoms with Gasteiger partial charge in [-0.25, -0.2) is 9.78 Å². The molecule has 1 atom stereocenters. The fourth-order valence-corrected chi connectivity index (χ4v) is 3.06. The molecule has 1 aromatic heterocycles. The maximum absolute atomic E-state index is 11.9. The monoisotopic (exact) mass is 319 g/mol. The molecular formula is C14H13N3O4S. The Balaban J connectivity index is 1.79. The second kappa shape index (κ2) is 5.72. The van der Waals surface area contributed by atoms with Crippen LogP contribution in [0, 0.1) is 0 Å². The van der Waals surface area contributed by atoms with Crippen LogP contribution in [0.15, 0.2) is 18.2 Å². The first-order valence-electron chi connectivity index (χ1n) is 6.65. The molecule has 1 fully saturated rings. The van der Waals surface area contributed by atoms with E-state index < -0.39 is 6.09 Å². The number of fused-ring (bicyclic) bond motifs is 1. The number of carbonyl (C=O) groups is 3. The molecule has 114 valence electrons. The Kier molecular flexibility index (Phi) is 3.76. The van der Waals surface area contributed by atoms with Gasteiger partial charge < -0.3 is 10.1 Å². The number of hydrogen-bond acceptors (Lipinski definition) is 6. The number of nitrogens with zero attached hydrogens (tertiary/aromatic N) is 2. The van der Waals surface area contributed by atoms with E-state index >= 15 is 0 Å². The zero-order valence-corrected chi connectivity index (χ0v) is 12.6. The number of nitrogens with one attached hydrogen (secondary N) is 1. The molecule has 1 N–H and O–H groups in total. The van der Waals surface area contributed by atoms with Crippen LogP contribution in [-0.2, 0) is 9.53 Å². The van der Waals surface area contributed by atoms with E-state index in [0.29, 0.717) is 23.5 Å². The highest BCUT2D eigenvalue weighted by molar-refractivity contribution is 7.20. The highest BCUT2D eigenvalue weighted by Crippen LogP contribution is 2.28. The van der Waals surface area contributed by atoms with E-state index in [9.17, 15) is 14.4 Å². The van der Waals surface area contributed by atoms with Crippen LogP contribution >= 0.6 is 11.3 Å². The largest absolute Gasteiger partial charge is 0.442 e. The van der Waals surface area contributed by atoms with Crippen LogP contribution in [-0.4, -0.2) is 42.5 Å². The van der Waals surface area contributed by atoms with Gasteiger partial charge in [0.2, 0.25) is 5.91 Å². The van der Waals surface area contributed by atoms with Crippen molar-refractivity contribution in [3.8, 4) is 0 Å². The number of anilines is 1. The van der Waals surface area contributed by atoms with Crippen LogP contribution < -0.4 is 10.2 Å². The highest BCUT2D eigenvalue weighted by Gasteiger charge is 2.32. The van der Waals surface area contributed by atoms with Crippen molar-refractivity contribution in [1.29, 1.82) is 0 Å². The van der Waals surface area contributed by atoms with Crippen molar-refractivity contribution >= 4 is 45.5 Å². The number of cyclic esters (lactones) is 1. The molecule has 2 heterocycles. The number of thiazole rings is 1. The normalized spacial score (nSPS) is 17.6. The number of amides is 2. The minimum Gasteiger partial charge on any atom is -0.442 e. The van der Waals surface area contributed by atoms with Gasteiger partial charge in [-0.1, -0.05) is 0 Å². The van der Waals surface area contributed by atoms with Crippen LogP contribution in [0.2, 0.25) is 0 Å². The third kappa shape index (κ3) is 2.77. The number of aldehydes is 1. The lowest BCUT2D eigenvalue weighted by atomic mass is 10.2. The number of carbonyl (C=O) groups excluding carboxylic acids is 3. The lowest BCUT2D eigenvalue weighted by Gasteiger charge is -2.12. The van der Waals surface area contributed by atoms with E-state index in [4.69, 9.17) is 4.74 Å². The Hall–Kier alpha value is -2.48. The van der Waals surface area contributed by atoms with Gasteiger partial charge in [0.15, 0.2) is 11.3 Å². The molecule has 2 aromatic rings. The van der Waals surface area contributed by atoms with E-state index in [-0.39, 0.29) is 18.6 Å². The second-order valence-corrected chi connectivity index (χ2v) is 5.94. The van der Waals surface area contributed by atoms with Crippen LogP contribution in [0.5, 0.6) is 0 Å². The number of ether oxygens (including phenoxy) is 1. The summed E-state index contributed by atoms with van der Waals surface area (Å²) in [5, 5.41) is 3.03. The summed E-state index contributed by atoms with van der Waals surface area (Å²) in [5.74, 6) is -0.165. The lowest BCUT2D eigenvalue weighted by molar-refractivity contribution is -0.119. The van der Waals surface area contributed by atoms with Crippen molar-refractivity contribution in [2.75, 3.05) is 18.0 Å². The van der Waals surface area contributed by atoms with Gasteiger partial charge in [0.05, 0.1) is 23.3 Å². The minimum atomic E-state index is -0.449. The second-order valence-electron chi connectivity index (χ2n) is 4.88. The standard InChI is InChI=1S/C14H13N3O4S/c1-8(19)15-5-10-6-17(14(20)21-10)9-2-3-11-12(4-9)22-13(7-18)16-11/h2-4,7,10H,5-6H2,1H3,(H,15,19)/t10-/m0/s1. The van der Waals surface area contributed by atoms with Crippen LogP contribution in [0.3, 0.4) is 0 Å². The van der Waals surface area contributed by atoms with Crippen molar-refractivity contribution in [3.63, 3.8) is 0 Å². The summed E-state index contributed by atoms with van der Waals surface area (Å²) in [6.45, 7) is 2.07. The zero-order valence-electron chi connectivity index (χ0n) is 11.7. The van der Waals surface area contributed by atoms with Crippen molar-refractivity contribution in [2.24, 2.45) is 0 Å². The maximum Gasteiger partial charge on any atom is 0.414 e. The average molecular weight is 319 g/mol. The molecule has 8 heteroatoms. The first kappa shape index (κ1) is 14.5. The first-order chi connectivity index (χ1) is 10.6. The number of hydrogen-bond donors (Lipinski definition) is 1. The van der Waals surface area contributed by atoms with Crippen LogP contribution in [0.1, 0.15) is 16.7 Å². The molecule has 0 radical (unpaired) electrons. The summed E-state index contributed by atoms with van der Waals surface area (Å²) >= 11 is 1.27. The van der Waals surface area contributed by atoms with Gasteiger partial charge in [-0.15, -0.1) is 11.3 Å². The third-order valence-corrected chi connectivity index (χ3v) is 4.20. The molecule has 3 rings (SSSR count). The molecule has 1 aliphatic heterocycles. The summed E-state index contributed by atoms with van der Waals surface area (Å²) < 4.78 is 6.05. The van der Waals surface area contributed by atoms with E-state index in [0.717, 1.165) is 10.2 Å². The van der Waals surface area contributed by atoms with Gasteiger partial charge in [0.1, 0.15) is 6.10 Å².